The van der Waals surface area contributed by atoms with Gasteiger partial charge in [-0.3, -0.25) is 14.6 Å². The van der Waals surface area contributed by atoms with E-state index in [0.29, 0.717) is 12.4 Å². The van der Waals surface area contributed by atoms with Gasteiger partial charge in [0.25, 0.3) is 5.91 Å². The summed E-state index contributed by atoms with van der Waals surface area (Å²) in [5.41, 5.74) is 7.21. The lowest BCUT2D eigenvalue weighted by Gasteiger charge is -2.43. The quantitative estimate of drug-likeness (QED) is 0.560. The van der Waals surface area contributed by atoms with Crippen molar-refractivity contribution in [1.29, 1.82) is 0 Å². The maximum absolute atomic E-state index is 12.2. The number of nitrogens with one attached hydrogen (secondary N) is 1. The third-order valence-electron chi connectivity index (χ3n) is 6.12. The van der Waals surface area contributed by atoms with Crippen molar-refractivity contribution in [3.63, 3.8) is 0 Å². The molecule has 3 aromatic rings. The van der Waals surface area contributed by atoms with Gasteiger partial charge in [-0.1, -0.05) is 12.6 Å². The number of carbonyl (C=O) groups excluding carboxylic acids is 2. The van der Waals surface area contributed by atoms with Crippen LogP contribution in [-0.4, -0.2) is 57.3 Å². The highest BCUT2D eigenvalue weighted by atomic mass is 16.2. The number of rotatable bonds is 6. The van der Waals surface area contributed by atoms with Crippen LogP contribution in [0.25, 0.3) is 10.9 Å². The number of carbonyl (C=O) groups is 2. The van der Waals surface area contributed by atoms with Crippen LogP contribution < -0.4 is 16.0 Å². The smallest absolute Gasteiger partial charge is 0.271 e. The highest BCUT2D eigenvalue weighted by Gasteiger charge is 2.33. The molecule has 0 bridgehead atoms. The molecule has 2 atom stereocenters. The van der Waals surface area contributed by atoms with Gasteiger partial charge in [0, 0.05) is 36.9 Å². The number of nitrogens with two attached hydrogens (primary N) is 1. The fourth-order valence-corrected chi connectivity index (χ4v) is 4.35. The van der Waals surface area contributed by atoms with Crippen molar-refractivity contribution in [1.82, 2.24) is 19.9 Å². The lowest BCUT2D eigenvalue weighted by Crippen LogP contribution is -2.55. The summed E-state index contributed by atoms with van der Waals surface area (Å²) in [4.78, 5) is 41.4. The van der Waals surface area contributed by atoms with Crippen molar-refractivity contribution in [2.24, 2.45) is 5.73 Å². The number of likely N-dealkylation sites (tertiary alicyclic amines) is 1. The molecule has 2 amide bonds. The first-order valence-electron chi connectivity index (χ1n) is 10.8. The third-order valence-corrected chi connectivity index (χ3v) is 6.12. The van der Waals surface area contributed by atoms with Gasteiger partial charge in [-0.2, -0.15) is 0 Å². The summed E-state index contributed by atoms with van der Waals surface area (Å²) >= 11 is 0. The summed E-state index contributed by atoms with van der Waals surface area (Å²) in [6.07, 6.45) is 6.40. The molecule has 0 aliphatic carbocycles. The molecule has 9 nitrogen and oxygen atoms in total. The molecule has 0 spiro atoms. The highest BCUT2D eigenvalue weighted by molar-refractivity contribution is 5.96. The second-order valence-corrected chi connectivity index (χ2v) is 8.12. The zero-order chi connectivity index (χ0) is 23.5. The summed E-state index contributed by atoms with van der Waals surface area (Å²) in [6.45, 7) is 6.34. The average Bonchev–Trinajstić information content (AvgIpc) is 2.83. The van der Waals surface area contributed by atoms with E-state index in [0.717, 1.165) is 29.4 Å². The third kappa shape index (κ3) is 4.48. The van der Waals surface area contributed by atoms with E-state index in [1.165, 1.54) is 12.3 Å². The molecule has 4 rings (SSSR count). The van der Waals surface area contributed by atoms with Crippen LogP contribution in [0.5, 0.6) is 0 Å². The first kappa shape index (κ1) is 22.2. The molecular formula is C24H27N7O2. The van der Waals surface area contributed by atoms with Gasteiger partial charge < -0.3 is 20.9 Å². The van der Waals surface area contributed by atoms with Crippen LogP contribution in [0, 0.1) is 0 Å². The van der Waals surface area contributed by atoms with E-state index >= 15 is 0 Å². The van der Waals surface area contributed by atoms with E-state index in [1.807, 2.05) is 54.1 Å². The van der Waals surface area contributed by atoms with Gasteiger partial charge in [0.05, 0.1) is 17.8 Å². The number of piperidine rings is 1. The maximum Gasteiger partial charge on any atom is 0.271 e. The number of primary amides is 1. The second-order valence-electron chi connectivity index (χ2n) is 8.12. The molecule has 0 unspecified atom stereocenters. The molecule has 1 aliphatic rings. The number of benzene rings is 1. The van der Waals surface area contributed by atoms with Gasteiger partial charge in [0.15, 0.2) is 11.5 Å². The van der Waals surface area contributed by atoms with E-state index in [1.54, 1.807) is 6.20 Å². The Hall–Kier alpha value is -4.01. The predicted octanol–water partition coefficient (Wildman–Crippen LogP) is 2.87. The van der Waals surface area contributed by atoms with Crippen LogP contribution in [0.4, 0.5) is 17.3 Å². The SMILES string of the molecule is C=CC(=O)N1CCC[C@@H](N(C)c2cnc(C(N)=O)c(Nc3ccc4ncccc4c3)n2)[C@H]1C. The molecule has 1 aliphatic heterocycles. The Morgan fingerprint density at radius 3 is 2.88 bits per heavy atom. The monoisotopic (exact) mass is 445 g/mol. The van der Waals surface area contributed by atoms with Crippen molar-refractivity contribution < 1.29 is 9.59 Å². The molecule has 1 fully saturated rings. The summed E-state index contributed by atoms with van der Waals surface area (Å²) in [5.74, 6) is 0.103. The standard InChI is InChI=1S/C24H27N7O2/c1-4-21(32)31-12-6-8-19(15(31)2)30(3)20-14-27-22(23(25)33)24(29-20)28-17-9-10-18-16(13-17)7-5-11-26-18/h4-5,7,9-11,13-15,19H,1,6,8,12H2,2-3H3,(H2,25,33)(H,28,29)/t15-,19-/m1/s1. The predicted molar refractivity (Wildman–Crippen MR) is 128 cm³/mol. The fourth-order valence-electron chi connectivity index (χ4n) is 4.35. The molecule has 0 radical (unpaired) electrons. The normalized spacial score (nSPS) is 18.1. The van der Waals surface area contributed by atoms with Crippen molar-refractivity contribution in [3.8, 4) is 0 Å². The van der Waals surface area contributed by atoms with Crippen molar-refractivity contribution in [3.05, 3.63) is 61.1 Å². The lowest BCUT2D eigenvalue weighted by atomic mass is 9.96. The Balaban J connectivity index is 1.64. The molecule has 9 heteroatoms. The average molecular weight is 446 g/mol. The first-order chi connectivity index (χ1) is 15.9. The Labute approximate surface area is 192 Å². The molecular weight excluding hydrogens is 418 g/mol. The number of aromatic nitrogens is 3. The Bertz CT molecular complexity index is 1210. The minimum atomic E-state index is -0.671. The molecule has 0 saturated carbocycles. The molecule has 170 valence electrons. The van der Waals surface area contributed by atoms with Gasteiger partial charge in [0.1, 0.15) is 5.82 Å². The number of pyridine rings is 1. The number of hydrogen-bond acceptors (Lipinski definition) is 7. The van der Waals surface area contributed by atoms with E-state index in [2.05, 4.69) is 26.8 Å². The molecule has 33 heavy (non-hydrogen) atoms. The van der Waals surface area contributed by atoms with Gasteiger partial charge >= 0.3 is 0 Å². The fraction of sp³-hybridized carbons (Fsp3) is 0.292. The lowest BCUT2D eigenvalue weighted by molar-refractivity contribution is -0.129. The van der Waals surface area contributed by atoms with Gasteiger partial charge in [-0.05, 0) is 50.1 Å². The largest absolute Gasteiger partial charge is 0.364 e. The topological polar surface area (TPSA) is 117 Å². The molecule has 1 aromatic carbocycles. The van der Waals surface area contributed by atoms with Crippen LogP contribution >= 0.6 is 0 Å². The number of amides is 2. The Morgan fingerprint density at radius 1 is 1.30 bits per heavy atom. The van der Waals surface area contributed by atoms with Gasteiger partial charge in [-0.15, -0.1) is 0 Å². The molecule has 3 N–H and O–H groups in total. The highest BCUT2D eigenvalue weighted by Crippen LogP contribution is 2.28. The van der Waals surface area contributed by atoms with Crippen molar-refractivity contribution in [2.45, 2.75) is 31.8 Å². The van der Waals surface area contributed by atoms with E-state index < -0.39 is 5.91 Å². The van der Waals surface area contributed by atoms with Crippen molar-refractivity contribution >= 4 is 40.0 Å². The number of likely N-dealkylation sites (N-methyl/N-ethyl adjacent to an activating group) is 1. The molecule has 3 heterocycles. The molecule has 2 aromatic heterocycles. The number of fused-ring (bicyclic) bond motifs is 1. The minimum absolute atomic E-state index is 0.0312. The zero-order valence-corrected chi connectivity index (χ0v) is 18.7. The van der Waals surface area contributed by atoms with Crippen LogP contribution in [0.15, 0.2) is 55.4 Å². The minimum Gasteiger partial charge on any atom is -0.364 e. The van der Waals surface area contributed by atoms with E-state index in [4.69, 9.17) is 5.73 Å². The Morgan fingerprint density at radius 2 is 2.12 bits per heavy atom. The number of hydrogen-bond donors (Lipinski definition) is 2. The zero-order valence-electron chi connectivity index (χ0n) is 18.7. The summed E-state index contributed by atoms with van der Waals surface area (Å²) in [6, 6.07) is 9.50. The Kier molecular flexibility index (Phi) is 6.21. The van der Waals surface area contributed by atoms with Crippen LogP contribution in [0.3, 0.4) is 0 Å². The van der Waals surface area contributed by atoms with Crippen LogP contribution in [0.2, 0.25) is 0 Å². The summed E-state index contributed by atoms with van der Waals surface area (Å²) in [7, 11) is 1.92. The molecule has 1 saturated heterocycles. The van der Waals surface area contributed by atoms with Crippen LogP contribution in [-0.2, 0) is 4.79 Å². The second kappa shape index (κ2) is 9.23. The van der Waals surface area contributed by atoms with E-state index in [9.17, 15) is 9.59 Å². The van der Waals surface area contributed by atoms with E-state index in [-0.39, 0.29) is 29.5 Å². The van der Waals surface area contributed by atoms with Crippen LogP contribution in [0.1, 0.15) is 30.3 Å². The number of anilines is 3. The van der Waals surface area contributed by atoms with Gasteiger partial charge in [-0.25, -0.2) is 9.97 Å². The first-order valence-corrected chi connectivity index (χ1v) is 10.8. The maximum atomic E-state index is 12.2. The van der Waals surface area contributed by atoms with Gasteiger partial charge in [0.2, 0.25) is 5.91 Å². The van der Waals surface area contributed by atoms with Crippen molar-refractivity contribution in [2.75, 3.05) is 23.8 Å². The summed E-state index contributed by atoms with van der Waals surface area (Å²) in [5, 5.41) is 4.14. The number of nitrogens with zero attached hydrogens (tertiary/aromatic N) is 5. The summed E-state index contributed by atoms with van der Waals surface area (Å²) < 4.78 is 0.